The summed E-state index contributed by atoms with van der Waals surface area (Å²) in [6, 6.07) is 11.8. The molecule has 0 atom stereocenters. The molecule has 0 radical (unpaired) electrons. The SMILES string of the molecule is C1=c2ccoccc(o2)=Cc2ccccc21. The van der Waals surface area contributed by atoms with Crippen molar-refractivity contribution in [1.29, 1.82) is 0 Å². The molecule has 2 heterocycles. The molecule has 2 heteroatoms. The van der Waals surface area contributed by atoms with E-state index in [1.165, 1.54) is 0 Å². The third kappa shape index (κ3) is 1.65. The van der Waals surface area contributed by atoms with Gasteiger partial charge in [0.25, 0.3) is 0 Å². The Morgan fingerprint density at radius 3 is 1.81 bits per heavy atom. The molecule has 0 aliphatic carbocycles. The van der Waals surface area contributed by atoms with E-state index in [4.69, 9.17) is 8.83 Å². The topological polar surface area (TPSA) is 26.3 Å². The molecule has 16 heavy (non-hydrogen) atoms. The Kier molecular flexibility index (Phi) is 2.11. The summed E-state index contributed by atoms with van der Waals surface area (Å²) in [5, 5.41) is 0. The highest BCUT2D eigenvalue weighted by molar-refractivity contribution is 5.64. The molecule has 2 aromatic rings. The lowest BCUT2D eigenvalue weighted by molar-refractivity contribution is 0.469. The predicted octanol–water partition coefficient (Wildman–Crippen LogP) is 1.97. The van der Waals surface area contributed by atoms with E-state index in [2.05, 4.69) is 12.1 Å². The Balaban J connectivity index is 2.47. The summed E-state index contributed by atoms with van der Waals surface area (Å²) in [6.07, 6.45) is 7.20. The third-order valence-electron chi connectivity index (χ3n) is 2.45. The first-order valence-corrected chi connectivity index (χ1v) is 5.11. The van der Waals surface area contributed by atoms with E-state index in [-0.39, 0.29) is 0 Å². The smallest absolute Gasteiger partial charge is 0.131 e. The van der Waals surface area contributed by atoms with Crippen molar-refractivity contribution >= 4 is 12.2 Å². The fourth-order valence-electron chi connectivity index (χ4n) is 1.70. The van der Waals surface area contributed by atoms with Crippen molar-refractivity contribution < 1.29 is 8.83 Å². The second kappa shape index (κ2) is 3.74. The van der Waals surface area contributed by atoms with Gasteiger partial charge in [-0.3, -0.25) is 0 Å². The average Bonchev–Trinajstić information content (AvgIpc) is 2.45. The van der Waals surface area contributed by atoms with Crippen molar-refractivity contribution in [2.24, 2.45) is 0 Å². The lowest BCUT2D eigenvalue weighted by Gasteiger charge is -1.96. The minimum absolute atomic E-state index is 0.778. The van der Waals surface area contributed by atoms with Crippen LogP contribution in [-0.4, -0.2) is 0 Å². The molecule has 0 fully saturated rings. The minimum Gasteiger partial charge on any atom is -0.472 e. The van der Waals surface area contributed by atoms with Crippen LogP contribution in [0.15, 0.2) is 57.8 Å². The maximum atomic E-state index is 5.70. The Labute approximate surface area is 92.5 Å². The van der Waals surface area contributed by atoms with Crippen LogP contribution >= 0.6 is 0 Å². The van der Waals surface area contributed by atoms with Crippen LogP contribution in [0.25, 0.3) is 12.2 Å². The van der Waals surface area contributed by atoms with Crippen LogP contribution in [0.2, 0.25) is 0 Å². The Morgan fingerprint density at radius 1 is 0.688 bits per heavy atom. The molecule has 0 unspecified atom stereocenters. The minimum atomic E-state index is 0.778. The highest BCUT2D eigenvalue weighted by Crippen LogP contribution is 2.10. The summed E-state index contributed by atoms with van der Waals surface area (Å²) in [5.74, 6) is 0. The van der Waals surface area contributed by atoms with Gasteiger partial charge in [-0.25, -0.2) is 0 Å². The summed E-state index contributed by atoms with van der Waals surface area (Å²) in [7, 11) is 0. The second-order valence-corrected chi connectivity index (χ2v) is 3.57. The van der Waals surface area contributed by atoms with Crippen molar-refractivity contribution in [3.05, 3.63) is 70.9 Å². The van der Waals surface area contributed by atoms with Crippen molar-refractivity contribution in [3.63, 3.8) is 0 Å². The fraction of sp³-hybridized carbons (Fsp3) is 0. The Hall–Kier alpha value is -2.22. The molecule has 0 spiro atoms. The van der Waals surface area contributed by atoms with Crippen molar-refractivity contribution in [1.82, 2.24) is 0 Å². The molecule has 3 rings (SSSR count). The molecule has 1 aliphatic heterocycles. The van der Waals surface area contributed by atoms with Gasteiger partial charge < -0.3 is 8.83 Å². The fourth-order valence-corrected chi connectivity index (χ4v) is 1.70. The van der Waals surface area contributed by atoms with Crippen LogP contribution in [0, 0.1) is 0 Å². The quantitative estimate of drug-likeness (QED) is 0.567. The second-order valence-electron chi connectivity index (χ2n) is 3.57. The molecule has 0 saturated carbocycles. The first-order chi connectivity index (χ1) is 7.92. The molecule has 0 amide bonds. The molecular formula is C14H10O2. The number of hydrogen-bond acceptors (Lipinski definition) is 2. The van der Waals surface area contributed by atoms with Gasteiger partial charge >= 0.3 is 0 Å². The van der Waals surface area contributed by atoms with Gasteiger partial charge in [-0.05, 0) is 23.3 Å². The van der Waals surface area contributed by atoms with Crippen molar-refractivity contribution in [3.8, 4) is 0 Å². The van der Waals surface area contributed by atoms with Crippen LogP contribution in [0.1, 0.15) is 11.1 Å². The third-order valence-corrected chi connectivity index (χ3v) is 2.45. The molecule has 2 bridgehead atoms. The highest BCUT2D eigenvalue weighted by atomic mass is 16.3. The first kappa shape index (κ1) is 9.04. The molecular weight excluding hydrogens is 200 g/mol. The Morgan fingerprint density at radius 2 is 1.25 bits per heavy atom. The number of rotatable bonds is 0. The van der Waals surface area contributed by atoms with Gasteiger partial charge in [0.2, 0.25) is 0 Å². The maximum absolute atomic E-state index is 5.70. The predicted molar refractivity (Wildman–Crippen MR) is 61.4 cm³/mol. The maximum Gasteiger partial charge on any atom is 0.131 e. The van der Waals surface area contributed by atoms with Crippen molar-refractivity contribution in [2.75, 3.05) is 0 Å². The number of benzene rings is 1. The van der Waals surface area contributed by atoms with Crippen molar-refractivity contribution in [2.45, 2.75) is 0 Å². The van der Waals surface area contributed by atoms with E-state index in [9.17, 15) is 0 Å². The summed E-state index contributed by atoms with van der Waals surface area (Å²) in [6.45, 7) is 0. The molecule has 1 aromatic carbocycles. The molecule has 1 aromatic heterocycles. The van der Waals surface area contributed by atoms with Gasteiger partial charge in [0.05, 0.1) is 12.5 Å². The lowest BCUT2D eigenvalue weighted by Crippen LogP contribution is -2.05. The van der Waals surface area contributed by atoms with Gasteiger partial charge in [-0.15, -0.1) is 0 Å². The summed E-state index contributed by atoms with van der Waals surface area (Å²) in [5.41, 5.74) is 3.85. The van der Waals surface area contributed by atoms with E-state index in [1.807, 2.05) is 24.3 Å². The monoisotopic (exact) mass is 210 g/mol. The summed E-state index contributed by atoms with van der Waals surface area (Å²) in [4.78, 5) is 0. The lowest BCUT2D eigenvalue weighted by atomic mass is 10.1. The van der Waals surface area contributed by atoms with E-state index >= 15 is 0 Å². The zero-order valence-electron chi connectivity index (χ0n) is 8.59. The van der Waals surface area contributed by atoms with E-state index < -0.39 is 0 Å². The van der Waals surface area contributed by atoms with Crippen LogP contribution in [-0.2, 0) is 0 Å². The Bertz CT molecular complexity index is 617. The molecule has 2 nitrogen and oxygen atoms in total. The van der Waals surface area contributed by atoms with Crippen LogP contribution < -0.4 is 10.8 Å². The van der Waals surface area contributed by atoms with Crippen LogP contribution in [0.4, 0.5) is 0 Å². The molecule has 0 saturated heterocycles. The standard InChI is InChI=1S/C14H10O2/c1-2-4-12-10-14-6-8-15-7-5-13(16-14)9-11(12)3-1/h1-10H. The van der Waals surface area contributed by atoms with Crippen LogP contribution in [0.5, 0.6) is 0 Å². The molecule has 0 N–H and O–H groups in total. The normalized spacial score (nSPS) is 11.5. The van der Waals surface area contributed by atoms with E-state index in [0.29, 0.717) is 0 Å². The zero-order chi connectivity index (χ0) is 10.8. The number of hydrogen-bond donors (Lipinski definition) is 0. The van der Waals surface area contributed by atoms with Gasteiger partial charge in [0.1, 0.15) is 10.8 Å². The number of fused-ring (bicyclic) bond motifs is 3. The molecule has 1 aliphatic rings. The zero-order valence-corrected chi connectivity index (χ0v) is 8.59. The summed E-state index contributed by atoms with van der Waals surface area (Å²) >= 11 is 0. The van der Waals surface area contributed by atoms with Gasteiger partial charge in [-0.1, -0.05) is 24.3 Å². The van der Waals surface area contributed by atoms with Gasteiger partial charge in [0.15, 0.2) is 0 Å². The first-order valence-electron chi connectivity index (χ1n) is 5.11. The summed E-state index contributed by atoms with van der Waals surface area (Å²) < 4.78 is 10.8. The van der Waals surface area contributed by atoms with E-state index in [0.717, 1.165) is 22.0 Å². The van der Waals surface area contributed by atoms with Crippen LogP contribution in [0.3, 0.4) is 0 Å². The van der Waals surface area contributed by atoms with E-state index in [1.54, 1.807) is 24.7 Å². The van der Waals surface area contributed by atoms with Gasteiger partial charge in [0, 0.05) is 12.1 Å². The van der Waals surface area contributed by atoms with Gasteiger partial charge in [-0.2, -0.15) is 0 Å². The largest absolute Gasteiger partial charge is 0.472 e. The average molecular weight is 210 g/mol. The molecule has 78 valence electrons. The highest BCUT2D eigenvalue weighted by Gasteiger charge is 1.98.